The van der Waals surface area contributed by atoms with Crippen molar-refractivity contribution in [2.24, 2.45) is 0 Å². The molecule has 0 aromatic heterocycles. The number of nitrogens with one attached hydrogen (secondary N) is 1. The smallest absolute Gasteiger partial charge is 0.264 e. The molecule has 0 bridgehead atoms. The Bertz CT molecular complexity index is 1480. The van der Waals surface area contributed by atoms with E-state index in [4.69, 9.17) is 23.2 Å². The van der Waals surface area contributed by atoms with Gasteiger partial charge in [-0.2, -0.15) is 0 Å². The van der Waals surface area contributed by atoms with E-state index in [9.17, 15) is 18.0 Å². The van der Waals surface area contributed by atoms with Crippen molar-refractivity contribution in [3.05, 3.63) is 93.0 Å². The Morgan fingerprint density at radius 2 is 1.62 bits per heavy atom. The van der Waals surface area contributed by atoms with Crippen LogP contribution in [0.1, 0.15) is 42.5 Å². The summed E-state index contributed by atoms with van der Waals surface area (Å²) in [6.07, 6.45) is 0.316. The SMILES string of the molecule is CCNC(=O)[C@@H](CC)N(Cc1ccc(Cl)cc1Cl)C(=O)CN(c1cccc(C)c1C)S(=O)(=O)c1ccc(C)cc1. The number of benzene rings is 3. The van der Waals surface area contributed by atoms with E-state index in [1.54, 1.807) is 56.3 Å². The van der Waals surface area contributed by atoms with Gasteiger partial charge in [0.1, 0.15) is 12.6 Å². The fourth-order valence-corrected chi connectivity index (χ4v) is 6.34. The van der Waals surface area contributed by atoms with Crippen LogP contribution in [0.2, 0.25) is 10.0 Å². The van der Waals surface area contributed by atoms with Gasteiger partial charge >= 0.3 is 0 Å². The van der Waals surface area contributed by atoms with Gasteiger partial charge in [-0.05, 0) is 81.1 Å². The molecule has 0 saturated heterocycles. The van der Waals surface area contributed by atoms with Gasteiger partial charge in [0.05, 0.1) is 10.6 Å². The van der Waals surface area contributed by atoms with Gasteiger partial charge in [0.2, 0.25) is 11.8 Å². The zero-order valence-corrected chi connectivity index (χ0v) is 25.7. The minimum Gasteiger partial charge on any atom is -0.355 e. The summed E-state index contributed by atoms with van der Waals surface area (Å²) in [6, 6.07) is 15.9. The number of likely N-dealkylation sites (N-methyl/N-ethyl adjacent to an activating group) is 1. The molecule has 0 heterocycles. The maximum atomic E-state index is 14.1. The van der Waals surface area contributed by atoms with Crippen LogP contribution < -0.4 is 9.62 Å². The molecule has 0 aliphatic carbocycles. The predicted molar refractivity (Wildman–Crippen MR) is 161 cm³/mol. The first kappa shape index (κ1) is 31.5. The van der Waals surface area contributed by atoms with Crippen molar-refractivity contribution in [1.82, 2.24) is 10.2 Å². The van der Waals surface area contributed by atoms with Crippen LogP contribution in [0.5, 0.6) is 0 Å². The van der Waals surface area contributed by atoms with E-state index in [0.717, 1.165) is 21.0 Å². The first-order valence-corrected chi connectivity index (χ1v) is 15.3. The molecule has 3 aromatic rings. The highest BCUT2D eigenvalue weighted by molar-refractivity contribution is 7.92. The third-order valence-electron chi connectivity index (χ3n) is 6.83. The van der Waals surface area contributed by atoms with E-state index >= 15 is 0 Å². The number of carbonyl (C=O) groups excluding carboxylic acids is 2. The monoisotopic (exact) mass is 603 g/mol. The van der Waals surface area contributed by atoms with E-state index in [0.29, 0.717) is 34.3 Å². The van der Waals surface area contributed by atoms with Crippen molar-refractivity contribution in [2.75, 3.05) is 17.4 Å². The van der Waals surface area contributed by atoms with Gasteiger partial charge in [0.25, 0.3) is 10.0 Å². The highest BCUT2D eigenvalue weighted by Crippen LogP contribution is 2.30. The first-order valence-electron chi connectivity index (χ1n) is 13.1. The van der Waals surface area contributed by atoms with Crippen LogP contribution in [0.15, 0.2) is 65.6 Å². The number of hydrogen-bond acceptors (Lipinski definition) is 4. The molecule has 0 unspecified atom stereocenters. The largest absolute Gasteiger partial charge is 0.355 e. The summed E-state index contributed by atoms with van der Waals surface area (Å²) in [5, 5.41) is 3.57. The summed E-state index contributed by atoms with van der Waals surface area (Å²) < 4.78 is 29.2. The highest BCUT2D eigenvalue weighted by Gasteiger charge is 2.34. The number of nitrogens with zero attached hydrogens (tertiary/aromatic N) is 2. The van der Waals surface area contributed by atoms with E-state index in [2.05, 4.69) is 5.32 Å². The second kappa shape index (κ2) is 13.5. The summed E-state index contributed by atoms with van der Waals surface area (Å²) >= 11 is 12.5. The number of hydrogen-bond donors (Lipinski definition) is 1. The number of aryl methyl sites for hydroxylation is 2. The average molecular weight is 605 g/mol. The normalized spacial score (nSPS) is 12.1. The number of sulfonamides is 1. The van der Waals surface area contributed by atoms with Crippen molar-refractivity contribution in [2.45, 2.75) is 58.5 Å². The second-order valence-corrected chi connectivity index (χ2v) is 12.3. The third kappa shape index (κ3) is 7.16. The average Bonchev–Trinajstić information content (AvgIpc) is 2.90. The summed E-state index contributed by atoms with van der Waals surface area (Å²) in [7, 11) is -4.15. The lowest BCUT2D eigenvalue weighted by Crippen LogP contribution is -2.52. The lowest BCUT2D eigenvalue weighted by molar-refractivity contribution is -0.140. The Kier molecular flexibility index (Phi) is 10.6. The zero-order valence-electron chi connectivity index (χ0n) is 23.4. The molecule has 0 aliphatic rings. The molecule has 0 aliphatic heterocycles. The zero-order chi connectivity index (χ0) is 29.6. The molecule has 3 rings (SSSR count). The van der Waals surface area contributed by atoms with Crippen LogP contribution in [0.3, 0.4) is 0 Å². The summed E-state index contributed by atoms with van der Waals surface area (Å²) in [5.41, 5.74) is 3.50. The van der Waals surface area contributed by atoms with Crippen molar-refractivity contribution in [3.63, 3.8) is 0 Å². The molecule has 0 fully saturated rings. The molecule has 3 aromatic carbocycles. The number of carbonyl (C=O) groups is 2. The lowest BCUT2D eigenvalue weighted by Gasteiger charge is -2.34. The topological polar surface area (TPSA) is 86.8 Å². The van der Waals surface area contributed by atoms with Crippen molar-refractivity contribution in [1.29, 1.82) is 0 Å². The minimum atomic E-state index is -4.15. The van der Waals surface area contributed by atoms with Crippen molar-refractivity contribution in [3.8, 4) is 0 Å². The van der Waals surface area contributed by atoms with Crippen LogP contribution in [0, 0.1) is 20.8 Å². The molecule has 10 heteroatoms. The molecule has 40 heavy (non-hydrogen) atoms. The number of halogens is 2. The number of anilines is 1. The maximum Gasteiger partial charge on any atom is 0.264 e. The molecule has 1 atom stereocenters. The highest BCUT2D eigenvalue weighted by atomic mass is 35.5. The molecule has 214 valence electrons. The molecule has 0 spiro atoms. The molecule has 1 N–H and O–H groups in total. The van der Waals surface area contributed by atoms with E-state index in [1.165, 1.54) is 17.0 Å². The second-order valence-electron chi connectivity index (χ2n) is 9.62. The van der Waals surface area contributed by atoms with Crippen LogP contribution in [0.4, 0.5) is 5.69 Å². The van der Waals surface area contributed by atoms with Crippen LogP contribution in [-0.2, 0) is 26.2 Å². The van der Waals surface area contributed by atoms with Crippen molar-refractivity contribution < 1.29 is 18.0 Å². The fraction of sp³-hybridized carbons (Fsp3) is 0.333. The van der Waals surface area contributed by atoms with Gasteiger partial charge in [0.15, 0.2) is 0 Å². The van der Waals surface area contributed by atoms with Gasteiger partial charge in [-0.3, -0.25) is 13.9 Å². The molecular weight excluding hydrogens is 569 g/mol. The molecule has 7 nitrogen and oxygen atoms in total. The molecule has 2 amide bonds. The molecular formula is C30H35Cl2N3O4S. The predicted octanol–water partition coefficient (Wildman–Crippen LogP) is 6.06. The summed E-state index contributed by atoms with van der Waals surface area (Å²) in [6.45, 7) is 9.04. The van der Waals surface area contributed by atoms with Crippen molar-refractivity contribution >= 4 is 50.7 Å². The van der Waals surface area contributed by atoms with Gasteiger partial charge in [-0.25, -0.2) is 8.42 Å². The van der Waals surface area contributed by atoms with E-state index in [1.807, 2.05) is 26.8 Å². The van der Waals surface area contributed by atoms with E-state index in [-0.39, 0.29) is 17.3 Å². The minimum absolute atomic E-state index is 0.00427. The van der Waals surface area contributed by atoms with Gasteiger partial charge < -0.3 is 10.2 Å². The maximum absolute atomic E-state index is 14.1. The Morgan fingerprint density at radius 3 is 2.23 bits per heavy atom. The number of rotatable bonds is 11. The van der Waals surface area contributed by atoms with Crippen LogP contribution >= 0.6 is 23.2 Å². The van der Waals surface area contributed by atoms with Gasteiger partial charge in [-0.1, -0.05) is 66.0 Å². The first-order chi connectivity index (χ1) is 18.9. The van der Waals surface area contributed by atoms with Gasteiger partial charge in [0, 0.05) is 23.1 Å². The standard InChI is InChI=1S/C30H35Cl2N3O4S/c1-6-27(30(37)33-7-2)34(18-23-13-14-24(31)17-26(23)32)29(36)19-35(28-10-8-9-21(4)22(28)5)40(38,39)25-15-11-20(3)12-16-25/h8-17,27H,6-7,18-19H2,1-5H3,(H,33,37)/t27-/m1/s1. The molecule has 0 saturated carbocycles. The quantitative estimate of drug-likeness (QED) is 0.289. The van der Waals surface area contributed by atoms with Gasteiger partial charge in [-0.15, -0.1) is 0 Å². The van der Waals surface area contributed by atoms with Crippen LogP contribution in [0.25, 0.3) is 0 Å². The Morgan fingerprint density at radius 1 is 0.950 bits per heavy atom. The Hall–Kier alpha value is -3.07. The summed E-state index contributed by atoms with van der Waals surface area (Å²) in [5.74, 6) is -0.871. The van der Waals surface area contributed by atoms with E-state index < -0.39 is 28.5 Å². The van der Waals surface area contributed by atoms with Crippen LogP contribution in [-0.4, -0.2) is 44.3 Å². The fourth-order valence-electron chi connectivity index (χ4n) is 4.40. The summed E-state index contributed by atoms with van der Waals surface area (Å²) in [4.78, 5) is 28.6. The number of amides is 2. The lowest BCUT2D eigenvalue weighted by atomic mass is 10.1. The Balaban J connectivity index is 2.12. The molecule has 0 radical (unpaired) electrons. The Labute approximate surface area is 247 Å². The third-order valence-corrected chi connectivity index (χ3v) is 9.19.